The van der Waals surface area contributed by atoms with E-state index >= 15 is 0 Å². The molecule has 0 radical (unpaired) electrons. The van der Waals surface area contributed by atoms with E-state index in [4.69, 9.17) is 14.2 Å². The van der Waals surface area contributed by atoms with Gasteiger partial charge in [0.2, 0.25) is 6.79 Å². The highest BCUT2D eigenvalue weighted by atomic mass is 19.4. The third-order valence-electron chi connectivity index (χ3n) is 3.81. The largest absolute Gasteiger partial charge is 0.484 e. The van der Waals surface area contributed by atoms with Gasteiger partial charge in [-0.15, -0.1) is 0 Å². The van der Waals surface area contributed by atoms with Crippen molar-refractivity contribution in [2.75, 3.05) is 18.7 Å². The van der Waals surface area contributed by atoms with Crippen LogP contribution in [0.25, 0.3) is 0 Å². The summed E-state index contributed by atoms with van der Waals surface area (Å²) < 4.78 is 52.2. The van der Waals surface area contributed by atoms with Crippen LogP contribution in [0.3, 0.4) is 0 Å². The van der Waals surface area contributed by atoms with Crippen LogP contribution in [0.2, 0.25) is 0 Å². The van der Waals surface area contributed by atoms with Gasteiger partial charge in [0, 0.05) is 17.8 Å². The Balaban J connectivity index is 1.57. The van der Waals surface area contributed by atoms with E-state index in [1.807, 2.05) is 0 Å². The Morgan fingerprint density at radius 2 is 1.96 bits per heavy atom. The van der Waals surface area contributed by atoms with E-state index < -0.39 is 18.8 Å². The van der Waals surface area contributed by atoms with Crippen LogP contribution in [-0.2, 0) is 6.54 Å². The van der Waals surface area contributed by atoms with Gasteiger partial charge in [-0.25, -0.2) is 4.79 Å². The molecule has 0 aliphatic carbocycles. The number of rotatable bonds is 5. The molecule has 9 heteroatoms. The molecule has 3 rings (SSSR count). The Morgan fingerprint density at radius 1 is 1.19 bits per heavy atom. The number of hydrogen-bond acceptors (Lipinski definition) is 4. The zero-order chi connectivity index (χ0) is 19.4. The van der Waals surface area contributed by atoms with Crippen LogP contribution in [0, 0.1) is 6.92 Å². The molecule has 6 nitrogen and oxygen atoms in total. The van der Waals surface area contributed by atoms with Gasteiger partial charge in [-0.1, -0.05) is 12.1 Å². The zero-order valence-electron chi connectivity index (χ0n) is 14.4. The maximum Gasteiger partial charge on any atom is 0.422 e. The Morgan fingerprint density at radius 3 is 2.74 bits per heavy atom. The Labute approximate surface area is 153 Å². The monoisotopic (exact) mass is 382 g/mol. The Kier molecular flexibility index (Phi) is 5.29. The summed E-state index contributed by atoms with van der Waals surface area (Å²) in [6.07, 6.45) is -4.43. The van der Waals surface area contributed by atoms with Crippen LogP contribution in [0.4, 0.5) is 23.7 Å². The number of urea groups is 1. The highest BCUT2D eigenvalue weighted by Crippen LogP contribution is 2.32. The second kappa shape index (κ2) is 7.65. The van der Waals surface area contributed by atoms with E-state index in [9.17, 15) is 18.0 Å². The second-order valence-corrected chi connectivity index (χ2v) is 5.83. The van der Waals surface area contributed by atoms with Crippen molar-refractivity contribution < 1.29 is 32.2 Å². The molecule has 2 aromatic carbocycles. The summed E-state index contributed by atoms with van der Waals surface area (Å²) in [4.78, 5) is 12.1. The summed E-state index contributed by atoms with van der Waals surface area (Å²) in [5.41, 5.74) is 1.58. The molecule has 0 bridgehead atoms. The van der Waals surface area contributed by atoms with Gasteiger partial charge in [-0.2, -0.15) is 13.2 Å². The molecule has 1 aliphatic heterocycles. The first-order chi connectivity index (χ1) is 12.8. The molecule has 0 fully saturated rings. The van der Waals surface area contributed by atoms with Crippen molar-refractivity contribution in [1.29, 1.82) is 0 Å². The quantitative estimate of drug-likeness (QED) is 0.821. The van der Waals surface area contributed by atoms with Gasteiger partial charge in [-0.3, -0.25) is 0 Å². The summed E-state index contributed by atoms with van der Waals surface area (Å²) in [6.45, 7) is 0.581. The summed E-state index contributed by atoms with van der Waals surface area (Å²) in [5, 5.41) is 5.28. The first kappa shape index (κ1) is 18.7. The van der Waals surface area contributed by atoms with Crippen LogP contribution in [0.1, 0.15) is 11.1 Å². The molecule has 0 spiro atoms. The van der Waals surface area contributed by atoms with Gasteiger partial charge < -0.3 is 24.8 Å². The lowest BCUT2D eigenvalue weighted by Crippen LogP contribution is -2.28. The second-order valence-electron chi connectivity index (χ2n) is 5.83. The number of fused-ring (bicyclic) bond motifs is 1. The molecule has 2 amide bonds. The van der Waals surface area contributed by atoms with Crippen LogP contribution in [-0.4, -0.2) is 25.6 Å². The number of carbonyl (C=O) groups is 1. The topological polar surface area (TPSA) is 68.8 Å². The summed E-state index contributed by atoms with van der Waals surface area (Å²) in [7, 11) is 0. The van der Waals surface area contributed by atoms with E-state index in [0.29, 0.717) is 22.7 Å². The first-order valence-corrected chi connectivity index (χ1v) is 8.04. The molecule has 1 aliphatic rings. The van der Waals surface area contributed by atoms with E-state index in [2.05, 4.69) is 10.6 Å². The van der Waals surface area contributed by atoms with Crippen molar-refractivity contribution in [3.63, 3.8) is 0 Å². The molecule has 2 N–H and O–H groups in total. The number of alkyl halides is 3. The molecular weight excluding hydrogens is 365 g/mol. The van der Waals surface area contributed by atoms with Gasteiger partial charge in [0.1, 0.15) is 5.75 Å². The van der Waals surface area contributed by atoms with Crippen LogP contribution < -0.4 is 24.8 Å². The van der Waals surface area contributed by atoms with Crippen LogP contribution in [0.5, 0.6) is 17.2 Å². The predicted octanol–water partition coefficient (Wildman–Crippen LogP) is 3.99. The fourth-order valence-corrected chi connectivity index (χ4v) is 2.47. The van der Waals surface area contributed by atoms with Crippen molar-refractivity contribution >= 4 is 11.7 Å². The smallest absolute Gasteiger partial charge is 0.422 e. The Bertz CT molecular complexity index is 840. The van der Waals surface area contributed by atoms with E-state index in [-0.39, 0.29) is 19.1 Å². The fourth-order valence-electron chi connectivity index (χ4n) is 2.47. The molecule has 0 atom stereocenters. The standard InChI is InChI=1S/C18H17F3N2O4/c1-11-13(3-2-4-14(11)25-9-18(19,20)21)23-17(24)22-8-12-5-6-15-16(7-12)27-10-26-15/h2-7H,8-10H2,1H3,(H2,22,23,24). The van der Waals surface area contributed by atoms with Gasteiger partial charge in [-0.05, 0) is 36.8 Å². The summed E-state index contributed by atoms with van der Waals surface area (Å²) >= 11 is 0. The van der Waals surface area contributed by atoms with Gasteiger partial charge in [0.25, 0.3) is 0 Å². The lowest BCUT2D eigenvalue weighted by atomic mass is 10.2. The average Bonchev–Trinajstić information content (AvgIpc) is 3.08. The zero-order valence-corrected chi connectivity index (χ0v) is 14.4. The first-order valence-electron chi connectivity index (χ1n) is 8.04. The van der Waals surface area contributed by atoms with Crippen LogP contribution in [0.15, 0.2) is 36.4 Å². The highest BCUT2D eigenvalue weighted by molar-refractivity contribution is 5.90. The number of halogens is 3. The molecule has 2 aromatic rings. The summed E-state index contributed by atoms with van der Waals surface area (Å²) in [6, 6.07) is 9.31. The van der Waals surface area contributed by atoms with Crippen molar-refractivity contribution in [2.24, 2.45) is 0 Å². The lowest BCUT2D eigenvalue weighted by molar-refractivity contribution is -0.153. The Hall–Kier alpha value is -3.10. The van der Waals surface area contributed by atoms with E-state index in [1.54, 1.807) is 31.2 Å². The minimum absolute atomic E-state index is 0.0564. The number of amides is 2. The molecule has 1 heterocycles. The van der Waals surface area contributed by atoms with Gasteiger partial charge in [0.15, 0.2) is 18.1 Å². The third kappa shape index (κ3) is 4.96. The number of carbonyl (C=O) groups excluding carboxylic acids is 1. The SMILES string of the molecule is Cc1c(NC(=O)NCc2ccc3c(c2)OCO3)cccc1OCC(F)(F)F. The highest BCUT2D eigenvalue weighted by Gasteiger charge is 2.28. The molecular formula is C18H17F3N2O4. The number of hydrogen-bond donors (Lipinski definition) is 2. The predicted molar refractivity (Wildman–Crippen MR) is 91.2 cm³/mol. The van der Waals surface area contributed by atoms with Gasteiger partial charge in [0.05, 0.1) is 0 Å². The van der Waals surface area contributed by atoms with Crippen molar-refractivity contribution in [1.82, 2.24) is 5.32 Å². The number of benzene rings is 2. The molecule has 144 valence electrons. The third-order valence-corrected chi connectivity index (χ3v) is 3.81. The van der Waals surface area contributed by atoms with E-state index in [1.165, 1.54) is 12.1 Å². The van der Waals surface area contributed by atoms with Crippen molar-refractivity contribution in [2.45, 2.75) is 19.6 Å². The lowest BCUT2D eigenvalue weighted by Gasteiger charge is -2.15. The van der Waals surface area contributed by atoms with Crippen molar-refractivity contribution in [3.8, 4) is 17.2 Å². The summed E-state index contributed by atoms with van der Waals surface area (Å²) in [5.74, 6) is 1.32. The minimum atomic E-state index is -4.43. The van der Waals surface area contributed by atoms with Crippen LogP contribution >= 0.6 is 0 Å². The molecule has 0 unspecified atom stereocenters. The molecule has 0 saturated carbocycles. The fraction of sp³-hybridized carbons (Fsp3) is 0.278. The maximum atomic E-state index is 12.3. The number of ether oxygens (including phenoxy) is 3. The minimum Gasteiger partial charge on any atom is -0.484 e. The van der Waals surface area contributed by atoms with Gasteiger partial charge >= 0.3 is 12.2 Å². The van der Waals surface area contributed by atoms with Crippen molar-refractivity contribution in [3.05, 3.63) is 47.5 Å². The number of nitrogens with one attached hydrogen (secondary N) is 2. The molecule has 0 aromatic heterocycles. The maximum absolute atomic E-state index is 12.3. The molecule has 27 heavy (non-hydrogen) atoms. The van der Waals surface area contributed by atoms with E-state index in [0.717, 1.165) is 5.56 Å². The number of anilines is 1. The average molecular weight is 382 g/mol. The molecule has 0 saturated heterocycles. The normalized spacial score (nSPS) is 12.6.